The van der Waals surface area contributed by atoms with Gasteiger partial charge in [0, 0.05) is 34.6 Å². The molecule has 0 saturated heterocycles. The fourth-order valence-corrected chi connectivity index (χ4v) is 6.14. The molecule has 2 aromatic carbocycles. The second-order valence-corrected chi connectivity index (χ2v) is 10.9. The van der Waals surface area contributed by atoms with Crippen LogP contribution in [-0.2, 0) is 5.41 Å². The third-order valence-corrected chi connectivity index (χ3v) is 8.41. The van der Waals surface area contributed by atoms with Gasteiger partial charge in [0.15, 0.2) is 11.6 Å². The molecule has 0 bridgehead atoms. The Morgan fingerprint density at radius 1 is 0.812 bits per heavy atom. The van der Waals surface area contributed by atoms with Crippen LogP contribution in [0.2, 0.25) is 0 Å². The molecule has 1 saturated carbocycles. The van der Waals surface area contributed by atoms with Crippen molar-refractivity contribution in [3.8, 4) is 0 Å². The van der Waals surface area contributed by atoms with Crippen molar-refractivity contribution >= 4 is 23.0 Å². The largest absolute Gasteiger partial charge is 0.301 e. The van der Waals surface area contributed by atoms with Crippen molar-refractivity contribution in [3.63, 3.8) is 0 Å². The van der Waals surface area contributed by atoms with Gasteiger partial charge in [-0.15, -0.1) is 0 Å². The zero-order valence-electron chi connectivity index (χ0n) is 19.9. The fraction of sp³-hybridized carbons (Fsp3) is 0.429. The molecular formula is C28H32N4. The lowest BCUT2D eigenvalue weighted by atomic mass is 9.80. The van der Waals surface area contributed by atoms with Crippen LogP contribution in [0.5, 0.6) is 0 Å². The Balaban J connectivity index is 1.56. The number of rotatable bonds is 3. The van der Waals surface area contributed by atoms with Crippen LogP contribution in [0.15, 0.2) is 54.9 Å². The van der Waals surface area contributed by atoms with Gasteiger partial charge in [0.2, 0.25) is 0 Å². The zero-order valence-corrected chi connectivity index (χ0v) is 19.9. The van der Waals surface area contributed by atoms with Gasteiger partial charge >= 0.3 is 0 Å². The number of fused-ring (bicyclic) bond motifs is 8. The SMILES string of the molecule is CC(C)c1ccc(N2c3nccnc3N3c4ccc(C(C)C)cc4C4(C)CC4(C)C23)cc1. The molecule has 6 rings (SSSR count). The smallest absolute Gasteiger partial charge is 0.178 e. The van der Waals surface area contributed by atoms with Crippen molar-refractivity contribution in [2.45, 2.75) is 71.4 Å². The summed E-state index contributed by atoms with van der Waals surface area (Å²) in [6, 6.07) is 16.1. The highest BCUT2D eigenvalue weighted by molar-refractivity contribution is 5.88. The molecule has 0 N–H and O–H groups in total. The van der Waals surface area contributed by atoms with Crippen LogP contribution < -0.4 is 9.80 Å². The van der Waals surface area contributed by atoms with E-state index < -0.39 is 0 Å². The second-order valence-electron chi connectivity index (χ2n) is 10.9. The summed E-state index contributed by atoms with van der Waals surface area (Å²) in [4.78, 5) is 14.6. The van der Waals surface area contributed by atoms with Crippen LogP contribution in [-0.4, -0.2) is 16.1 Å². The van der Waals surface area contributed by atoms with Gasteiger partial charge in [0.25, 0.3) is 0 Å². The van der Waals surface area contributed by atoms with E-state index in [1.165, 1.54) is 34.5 Å². The van der Waals surface area contributed by atoms with E-state index in [0.717, 1.165) is 11.6 Å². The van der Waals surface area contributed by atoms with Crippen molar-refractivity contribution in [2.24, 2.45) is 5.41 Å². The molecule has 1 fully saturated rings. The molecule has 3 heterocycles. The summed E-state index contributed by atoms with van der Waals surface area (Å²) >= 11 is 0. The first kappa shape index (κ1) is 19.8. The lowest BCUT2D eigenvalue weighted by Gasteiger charge is -2.44. The lowest BCUT2D eigenvalue weighted by molar-refractivity contribution is 0.371. The molecule has 0 spiro atoms. The number of hydrogen-bond donors (Lipinski definition) is 0. The van der Waals surface area contributed by atoms with Crippen molar-refractivity contribution in [1.82, 2.24) is 9.97 Å². The summed E-state index contributed by atoms with van der Waals surface area (Å²) in [5.74, 6) is 2.98. The van der Waals surface area contributed by atoms with Crippen LogP contribution in [0.4, 0.5) is 23.0 Å². The highest BCUT2D eigenvalue weighted by Crippen LogP contribution is 2.74. The lowest BCUT2D eigenvalue weighted by Crippen LogP contribution is -2.50. The van der Waals surface area contributed by atoms with Crippen LogP contribution in [0, 0.1) is 5.41 Å². The third-order valence-electron chi connectivity index (χ3n) is 8.41. The van der Waals surface area contributed by atoms with E-state index in [1.807, 2.05) is 12.4 Å². The normalized spacial score (nSPS) is 27.3. The predicted octanol–water partition coefficient (Wildman–Crippen LogP) is 7.02. The zero-order chi connectivity index (χ0) is 22.4. The topological polar surface area (TPSA) is 32.3 Å². The van der Waals surface area contributed by atoms with E-state index in [2.05, 4.69) is 93.8 Å². The summed E-state index contributed by atoms with van der Waals surface area (Å²) in [5, 5.41) is 0. The summed E-state index contributed by atoms with van der Waals surface area (Å²) < 4.78 is 0. The standard InChI is InChI=1S/C28H32N4/c1-17(2)19-7-10-21(11-8-19)31-24-25(30-14-13-29-24)32-23-12-9-20(18(3)4)15-22(23)27(5)16-28(27,6)26(31)32/h7-15,17-18,26H,16H2,1-6H3. The molecule has 1 aliphatic carbocycles. The van der Waals surface area contributed by atoms with E-state index in [-0.39, 0.29) is 17.0 Å². The Bertz CT molecular complexity index is 1210. The van der Waals surface area contributed by atoms with Crippen molar-refractivity contribution in [3.05, 3.63) is 71.5 Å². The average molecular weight is 425 g/mol. The molecular weight excluding hydrogens is 392 g/mol. The Morgan fingerprint density at radius 3 is 2.03 bits per heavy atom. The Hall–Kier alpha value is -2.88. The van der Waals surface area contributed by atoms with E-state index in [0.29, 0.717) is 11.8 Å². The molecule has 32 heavy (non-hydrogen) atoms. The third kappa shape index (κ3) is 2.38. The maximum absolute atomic E-state index is 4.85. The average Bonchev–Trinajstić information content (AvgIpc) is 3.21. The molecule has 3 atom stereocenters. The highest BCUT2D eigenvalue weighted by Gasteiger charge is 2.73. The Kier molecular flexibility index (Phi) is 3.92. The van der Waals surface area contributed by atoms with Crippen molar-refractivity contribution in [2.75, 3.05) is 9.80 Å². The first-order chi connectivity index (χ1) is 15.3. The molecule has 3 aliphatic rings. The minimum absolute atomic E-state index is 0.120. The van der Waals surface area contributed by atoms with E-state index in [4.69, 9.17) is 9.97 Å². The first-order valence-electron chi connectivity index (χ1n) is 11.9. The molecule has 2 aliphatic heterocycles. The van der Waals surface area contributed by atoms with Gasteiger partial charge < -0.3 is 9.80 Å². The molecule has 3 aromatic rings. The molecule has 1 aromatic heterocycles. The van der Waals surface area contributed by atoms with Gasteiger partial charge in [-0.25, -0.2) is 9.97 Å². The summed E-state index contributed by atoms with van der Waals surface area (Å²) in [5.41, 5.74) is 7.01. The molecule has 4 heteroatoms. The number of anilines is 4. The molecule has 0 radical (unpaired) electrons. The van der Waals surface area contributed by atoms with Gasteiger partial charge in [0.1, 0.15) is 6.17 Å². The number of benzene rings is 2. The second kappa shape index (κ2) is 6.34. The fourth-order valence-electron chi connectivity index (χ4n) is 6.14. The van der Waals surface area contributed by atoms with Crippen LogP contribution >= 0.6 is 0 Å². The summed E-state index contributed by atoms with van der Waals surface area (Å²) in [6.45, 7) is 14.0. The van der Waals surface area contributed by atoms with E-state index in [1.54, 1.807) is 0 Å². The molecule has 4 nitrogen and oxygen atoms in total. The van der Waals surface area contributed by atoms with Crippen molar-refractivity contribution < 1.29 is 0 Å². The monoisotopic (exact) mass is 424 g/mol. The van der Waals surface area contributed by atoms with Crippen molar-refractivity contribution in [1.29, 1.82) is 0 Å². The van der Waals surface area contributed by atoms with Gasteiger partial charge in [-0.1, -0.05) is 65.8 Å². The Labute approximate surface area is 191 Å². The Morgan fingerprint density at radius 2 is 1.41 bits per heavy atom. The predicted molar refractivity (Wildman–Crippen MR) is 131 cm³/mol. The minimum atomic E-state index is 0.120. The summed E-state index contributed by atoms with van der Waals surface area (Å²) in [7, 11) is 0. The van der Waals surface area contributed by atoms with Gasteiger partial charge in [-0.2, -0.15) is 0 Å². The van der Waals surface area contributed by atoms with Gasteiger partial charge in [0.05, 0.1) is 0 Å². The van der Waals surface area contributed by atoms with E-state index in [9.17, 15) is 0 Å². The van der Waals surface area contributed by atoms with Crippen LogP contribution in [0.1, 0.15) is 76.5 Å². The maximum atomic E-state index is 4.85. The van der Waals surface area contributed by atoms with Gasteiger partial charge in [-0.05, 0) is 53.1 Å². The highest BCUT2D eigenvalue weighted by atomic mass is 15.5. The van der Waals surface area contributed by atoms with E-state index >= 15 is 0 Å². The maximum Gasteiger partial charge on any atom is 0.178 e. The summed E-state index contributed by atoms with van der Waals surface area (Å²) in [6.07, 6.45) is 4.99. The van der Waals surface area contributed by atoms with Crippen LogP contribution in [0.25, 0.3) is 0 Å². The molecule has 164 valence electrons. The van der Waals surface area contributed by atoms with Crippen LogP contribution in [0.3, 0.4) is 0 Å². The number of aromatic nitrogens is 2. The first-order valence-corrected chi connectivity index (χ1v) is 11.9. The number of nitrogens with zero attached hydrogens (tertiary/aromatic N) is 4. The quantitative estimate of drug-likeness (QED) is 0.452. The van der Waals surface area contributed by atoms with Gasteiger partial charge in [-0.3, -0.25) is 0 Å². The molecule has 3 unspecified atom stereocenters. The molecule has 0 amide bonds. The number of hydrogen-bond acceptors (Lipinski definition) is 4. The minimum Gasteiger partial charge on any atom is -0.301 e.